The van der Waals surface area contributed by atoms with Gasteiger partial charge >= 0.3 is 0 Å². The molecule has 2 fully saturated rings. The molecule has 2 heterocycles. The highest BCUT2D eigenvalue weighted by atomic mass is 16.2. The normalized spacial score (nSPS) is 27.6. The van der Waals surface area contributed by atoms with Crippen molar-refractivity contribution in [3.63, 3.8) is 0 Å². The van der Waals surface area contributed by atoms with Gasteiger partial charge in [-0.25, -0.2) is 0 Å². The Hall–Kier alpha value is -0.570. The van der Waals surface area contributed by atoms with Crippen molar-refractivity contribution in [3.8, 4) is 0 Å². The molecule has 3 nitrogen and oxygen atoms in total. The fourth-order valence-electron chi connectivity index (χ4n) is 3.49. The van der Waals surface area contributed by atoms with Crippen LogP contribution in [0.3, 0.4) is 0 Å². The third kappa shape index (κ3) is 3.25. The van der Waals surface area contributed by atoms with Crippen molar-refractivity contribution in [2.75, 3.05) is 13.1 Å². The van der Waals surface area contributed by atoms with Crippen LogP contribution in [0.1, 0.15) is 58.8 Å². The first kappa shape index (κ1) is 13.9. The van der Waals surface area contributed by atoms with Crippen LogP contribution in [0.2, 0.25) is 0 Å². The van der Waals surface area contributed by atoms with E-state index < -0.39 is 0 Å². The minimum Gasteiger partial charge on any atom is -0.341 e. The van der Waals surface area contributed by atoms with Crippen LogP contribution in [-0.4, -0.2) is 36.0 Å². The average Bonchev–Trinajstić information content (AvgIpc) is 2.68. The smallest absolute Gasteiger partial charge is 0.225 e. The average molecular weight is 252 g/mol. The lowest BCUT2D eigenvalue weighted by Crippen LogP contribution is -2.42. The Morgan fingerprint density at radius 1 is 1.17 bits per heavy atom. The predicted molar refractivity (Wildman–Crippen MR) is 74.4 cm³/mol. The zero-order valence-corrected chi connectivity index (χ0v) is 12.0. The number of carbonyl (C=O) groups is 1. The van der Waals surface area contributed by atoms with Crippen molar-refractivity contribution in [1.82, 2.24) is 10.2 Å². The van der Waals surface area contributed by atoms with Gasteiger partial charge in [0.05, 0.1) is 0 Å². The number of amides is 1. The Balaban J connectivity index is 1.94. The maximum absolute atomic E-state index is 12.6. The van der Waals surface area contributed by atoms with Crippen LogP contribution in [0.15, 0.2) is 0 Å². The number of hydrogen-bond donors (Lipinski definition) is 1. The van der Waals surface area contributed by atoms with Gasteiger partial charge in [-0.1, -0.05) is 26.7 Å². The quantitative estimate of drug-likeness (QED) is 0.815. The summed E-state index contributed by atoms with van der Waals surface area (Å²) in [6, 6.07) is 1.23. The summed E-state index contributed by atoms with van der Waals surface area (Å²) in [5, 5.41) is 3.65. The molecule has 0 spiro atoms. The van der Waals surface area contributed by atoms with Crippen LogP contribution in [0, 0.1) is 5.92 Å². The minimum atomic E-state index is 0.275. The standard InChI is InChI=1S/C15H28N2O/c1-3-5-12(6-4-2)15(18)17-10-9-13-7-8-14(11-17)16-13/h12-14,16H,3-11H2,1-2H3. The summed E-state index contributed by atoms with van der Waals surface area (Å²) in [5.41, 5.74) is 0. The Kier molecular flexibility index (Phi) is 5.04. The van der Waals surface area contributed by atoms with Crippen LogP contribution in [0.4, 0.5) is 0 Å². The third-order valence-electron chi connectivity index (χ3n) is 4.46. The molecule has 0 aromatic rings. The molecule has 2 atom stereocenters. The first-order valence-corrected chi connectivity index (χ1v) is 7.79. The van der Waals surface area contributed by atoms with E-state index in [4.69, 9.17) is 0 Å². The summed E-state index contributed by atoms with van der Waals surface area (Å²) < 4.78 is 0. The largest absolute Gasteiger partial charge is 0.341 e. The summed E-state index contributed by atoms with van der Waals surface area (Å²) in [6.07, 6.45) is 8.06. The molecular formula is C15H28N2O. The van der Waals surface area contributed by atoms with Gasteiger partial charge in [-0.3, -0.25) is 4.79 Å². The van der Waals surface area contributed by atoms with E-state index in [2.05, 4.69) is 24.1 Å². The first-order chi connectivity index (χ1) is 8.74. The molecule has 0 radical (unpaired) electrons. The number of nitrogens with one attached hydrogen (secondary N) is 1. The molecule has 2 unspecified atom stereocenters. The molecule has 2 aliphatic heterocycles. The van der Waals surface area contributed by atoms with Gasteiger partial charge in [0.25, 0.3) is 0 Å². The second-order valence-electron chi connectivity index (χ2n) is 5.99. The van der Waals surface area contributed by atoms with Crippen LogP contribution >= 0.6 is 0 Å². The van der Waals surface area contributed by atoms with Gasteiger partial charge in [0.15, 0.2) is 0 Å². The molecule has 1 N–H and O–H groups in total. The molecule has 0 aliphatic carbocycles. The van der Waals surface area contributed by atoms with Crippen molar-refractivity contribution in [3.05, 3.63) is 0 Å². The zero-order valence-electron chi connectivity index (χ0n) is 12.0. The van der Waals surface area contributed by atoms with E-state index in [1.807, 2.05) is 0 Å². The lowest BCUT2D eigenvalue weighted by atomic mass is 9.96. The summed E-state index contributed by atoms with van der Waals surface area (Å²) >= 11 is 0. The number of carbonyl (C=O) groups excluding carboxylic acids is 1. The molecule has 0 aromatic heterocycles. The molecule has 2 rings (SSSR count). The van der Waals surface area contributed by atoms with Crippen molar-refractivity contribution in [2.24, 2.45) is 5.92 Å². The van der Waals surface area contributed by atoms with Crippen molar-refractivity contribution < 1.29 is 4.79 Å². The van der Waals surface area contributed by atoms with E-state index in [0.717, 1.165) is 45.2 Å². The first-order valence-electron chi connectivity index (χ1n) is 7.79. The van der Waals surface area contributed by atoms with E-state index in [-0.39, 0.29) is 5.92 Å². The maximum Gasteiger partial charge on any atom is 0.225 e. The van der Waals surface area contributed by atoms with Crippen molar-refractivity contribution in [2.45, 2.75) is 70.9 Å². The SMILES string of the molecule is CCCC(CCC)C(=O)N1CCC2CCC(C1)N2. The van der Waals surface area contributed by atoms with Gasteiger partial charge in [0.2, 0.25) is 5.91 Å². The van der Waals surface area contributed by atoms with E-state index in [1.165, 1.54) is 12.8 Å². The second-order valence-corrected chi connectivity index (χ2v) is 5.99. The fraction of sp³-hybridized carbons (Fsp3) is 0.933. The van der Waals surface area contributed by atoms with E-state index in [9.17, 15) is 4.79 Å². The van der Waals surface area contributed by atoms with Gasteiger partial charge in [0.1, 0.15) is 0 Å². The lowest BCUT2D eigenvalue weighted by molar-refractivity contribution is -0.136. The topological polar surface area (TPSA) is 32.3 Å². The second kappa shape index (κ2) is 6.55. The summed E-state index contributed by atoms with van der Waals surface area (Å²) in [7, 11) is 0. The van der Waals surface area contributed by atoms with Crippen molar-refractivity contribution >= 4 is 5.91 Å². The van der Waals surface area contributed by atoms with E-state index >= 15 is 0 Å². The molecule has 2 aliphatic rings. The summed E-state index contributed by atoms with van der Waals surface area (Å²) in [6.45, 7) is 6.28. The van der Waals surface area contributed by atoms with Gasteiger partial charge in [0, 0.05) is 31.1 Å². The van der Waals surface area contributed by atoms with E-state index in [0.29, 0.717) is 18.0 Å². The molecule has 3 heteroatoms. The lowest BCUT2D eigenvalue weighted by Gasteiger charge is -2.28. The molecular weight excluding hydrogens is 224 g/mol. The Morgan fingerprint density at radius 2 is 1.83 bits per heavy atom. The van der Waals surface area contributed by atoms with Gasteiger partial charge in [-0.2, -0.15) is 0 Å². The highest BCUT2D eigenvalue weighted by Gasteiger charge is 2.32. The molecule has 18 heavy (non-hydrogen) atoms. The van der Waals surface area contributed by atoms with E-state index in [1.54, 1.807) is 0 Å². The highest BCUT2D eigenvalue weighted by Crippen LogP contribution is 2.23. The maximum atomic E-state index is 12.6. The fourth-order valence-corrected chi connectivity index (χ4v) is 3.49. The molecule has 104 valence electrons. The predicted octanol–water partition coefficient (Wildman–Crippen LogP) is 2.56. The highest BCUT2D eigenvalue weighted by molar-refractivity contribution is 5.79. The Bertz CT molecular complexity index is 274. The minimum absolute atomic E-state index is 0.275. The van der Waals surface area contributed by atoms with Crippen LogP contribution < -0.4 is 5.32 Å². The number of nitrogens with zero attached hydrogens (tertiary/aromatic N) is 1. The van der Waals surface area contributed by atoms with Gasteiger partial charge in [-0.05, 0) is 32.1 Å². The number of fused-ring (bicyclic) bond motifs is 2. The summed E-state index contributed by atoms with van der Waals surface area (Å²) in [5.74, 6) is 0.699. The van der Waals surface area contributed by atoms with Crippen molar-refractivity contribution in [1.29, 1.82) is 0 Å². The number of likely N-dealkylation sites (tertiary alicyclic amines) is 1. The Morgan fingerprint density at radius 3 is 2.50 bits per heavy atom. The molecule has 2 saturated heterocycles. The van der Waals surface area contributed by atoms with Crippen LogP contribution in [0.5, 0.6) is 0 Å². The summed E-state index contributed by atoms with van der Waals surface area (Å²) in [4.78, 5) is 14.8. The van der Waals surface area contributed by atoms with Crippen LogP contribution in [0.25, 0.3) is 0 Å². The van der Waals surface area contributed by atoms with Gasteiger partial charge < -0.3 is 10.2 Å². The molecule has 1 amide bonds. The van der Waals surface area contributed by atoms with Gasteiger partial charge in [-0.15, -0.1) is 0 Å². The Labute approximate surface area is 111 Å². The molecule has 0 saturated carbocycles. The monoisotopic (exact) mass is 252 g/mol. The van der Waals surface area contributed by atoms with Crippen LogP contribution in [-0.2, 0) is 4.79 Å². The zero-order chi connectivity index (χ0) is 13.0. The number of rotatable bonds is 5. The third-order valence-corrected chi connectivity index (χ3v) is 4.46. The number of hydrogen-bond acceptors (Lipinski definition) is 2. The molecule has 2 bridgehead atoms. The molecule has 0 aromatic carbocycles.